The van der Waals surface area contributed by atoms with Crippen molar-refractivity contribution in [2.45, 2.75) is 26.3 Å². The van der Waals surface area contributed by atoms with E-state index in [1.807, 2.05) is 11.8 Å². The van der Waals surface area contributed by atoms with Crippen LogP contribution in [0, 0.1) is 0 Å². The molecule has 8 heavy (non-hydrogen) atoms. The highest BCUT2D eigenvalue weighted by Crippen LogP contribution is 2.01. The molecule has 1 nitrogen and oxygen atoms in total. The summed E-state index contributed by atoms with van der Waals surface area (Å²) in [4.78, 5) is 0. The third kappa shape index (κ3) is 6.31. The lowest BCUT2D eigenvalue weighted by Crippen LogP contribution is -2.15. The maximum absolute atomic E-state index is 5.52. The van der Waals surface area contributed by atoms with Crippen LogP contribution in [0.4, 0.5) is 0 Å². The summed E-state index contributed by atoms with van der Waals surface area (Å²) in [6, 6.07) is 0.383. The number of hydrogen-bond acceptors (Lipinski definition) is 2. The van der Waals surface area contributed by atoms with Crippen molar-refractivity contribution < 1.29 is 0 Å². The normalized spacial score (nSPS) is 13.9. The van der Waals surface area contributed by atoms with Crippen molar-refractivity contribution in [1.82, 2.24) is 0 Å². The van der Waals surface area contributed by atoms with Crippen LogP contribution in [0.1, 0.15) is 20.3 Å². The molecular weight excluding hydrogens is 118 g/mol. The van der Waals surface area contributed by atoms with Gasteiger partial charge in [0.1, 0.15) is 0 Å². The lowest BCUT2D eigenvalue weighted by atomic mass is 10.3. The van der Waals surface area contributed by atoms with Gasteiger partial charge in [-0.1, -0.05) is 6.92 Å². The summed E-state index contributed by atoms with van der Waals surface area (Å²) in [5.41, 5.74) is 5.52. The van der Waals surface area contributed by atoms with Crippen LogP contribution >= 0.6 is 11.8 Å². The molecule has 0 saturated carbocycles. The molecule has 2 N–H and O–H groups in total. The van der Waals surface area contributed by atoms with E-state index in [2.05, 4.69) is 13.8 Å². The second-order valence-corrected chi connectivity index (χ2v) is 3.36. The summed E-state index contributed by atoms with van der Waals surface area (Å²) in [6.07, 6.45) is 1.15. The predicted octanol–water partition coefficient (Wildman–Crippen LogP) is 1.48. The van der Waals surface area contributed by atoms with Crippen molar-refractivity contribution in [3.63, 3.8) is 0 Å². The van der Waals surface area contributed by atoms with E-state index in [1.165, 1.54) is 11.5 Å². The SMILES string of the molecule is CCSCCC(C)N. The van der Waals surface area contributed by atoms with Gasteiger partial charge in [-0.3, -0.25) is 0 Å². The molecular formula is C6H15NS. The van der Waals surface area contributed by atoms with E-state index in [0.717, 1.165) is 6.42 Å². The van der Waals surface area contributed by atoms with Crippen LogP contribution in [0.2, 0.25) is 0 Å². The Hall–Kier alpha value is 0.310. The van der Waals surface area contributed by atoms with Gasteiger partial charge in [0.25, 0.3) is 0 Å². The third-order valence-corrected chi connectivity index (χ3v) is 1.85. The number of nitrogens with two attached hydrogens (primary N) is 1. The fourth-order valence-electron chi connectivity index (χ4n) is 0.414. The maximum atomic E-state index is 5.52. The van der Waals surface area contributed by atoms with E-state index in [-0.39, 0.29) is 0 Å². The first-order valence-corrected chi connectivity index (χ1v) is 4.26. The molecule has 0 aromatic rings. The first-order chi connectivity index (χ1) is 3.77. The van der Waals surface area contributed by atoms with Crippen molar-refractivity contribution in [3.8, 4) is 0 Å². The monoisotopic (exact) mass is 133 g/mol. The van der Waals surface area contributed by atoms with Crippen molar-refractivity contribution in [2.75, 3.05) is 11.5 Å². The summed E-state index contributed by atoms with van der Waals surface area (Å²) < 4.78 is 0. The summed E-state index contributed by atoms with van der Waals surface area (Å²) in [5, 5.41) is 0. The van der Waals surface area contributed by atoms with Gasteiger partial charge in [0.2, 0.25) is 0 Å². The minimum absolute atomic E-state index is 0.383. The van der Waals surface area contributed by atoms with Gasteiger partial charge in [0, 0.05) is 6.04 Å². The molecule has 0 aromatic carbocycles. The second kappa shape index (κ2) is 5.45. The Labute approximate surface area is 56.0 Å². The molecule has 0 radical (unpaired) electrons. The zero-order valence-electron chi connectivity index (χ0n) is 5.68. The van der Waals surface area contributed by atoms with Gasteiger partial charge in [-0.15, -0.1) is 0 Å². The molecule has 0 amide bonds. The Kier molecular flexibility index (Phi) is 5.66. The molecule has 1 unspecified atom stereocenters. The van der Waals surface area contributed by atoms with Crippen LogP contribution in [0.25, 0.3) is 0 Å². The first-order valence-electron chi connectivity index (χ1n) is 3.10. The summed E-state index contributed by atoms with van der Waals surface area (Å²) in [7, 11) is 0. The highest BCUT2D eigenvalue weighted by atomic mass is 32.2. The number of rotatable bonds is 4. The molecule has 0 bridgehead atoms. The molecule has 0 aromatic heterocycles. The molecule has 0 aliphatic heterocycles. The molecule has 0 heterocycles. The fraction of sp³-hybridized carbons (Fsp3) is 1.00. The second-order valence-electron chi connectivity index (χ2n) is 1.96. The minimum Gasteiger partial charge on any atom is -0.328 e. The van der Waals surface area contributed by atoms with E-state index in [1.54, 1.807) is 0 Å². The van der Waals surface area contributed by atoms with Crippen LogP contribution in [0.3, 0.4) is 0 Å². The largest absolute Gasteiger partial charge is 0.328 e. The highest BCUT2D eigenvalue weighted by Gasteiger charge is 1.90. The average Bonchev–Trinajstić information content (AvgIpc) is 1.66. The van der Waals surface area contributed by atoms with Crippen molar-refractivity contribution in [2.24, 2.45) is 5.73 Å². The summed E-state index contributed by atoms with van der Waals surface area (Å²) in [6.45, 7) is 4.22. The maximum Gasteiger partial charge on any atom is 0.00183 e. The zero-order valence-corrected chi connectivity index (χ0v) is 6.50. The van der Waals surface area contributed by atoms with Crippen molar-refractivity contribution >= 4 is 11.8 Å². The molecule has 0 rings (SSSR count). The first kappa shape index (κ1) is 8.31. The van der Waals surface area contributed by atoms with Crippen molar-refractivity contribution in [3.05, 3.63) is 0 Å². The molecule has 0 aliphatic rings. The van der Waals surface area contributed by atoms with E-state index in [4.69, 9.17) is 5.73 Å². The molecule has 1 atom stereocenters. The van der Waals surface area contributed by atoms with Crippen LogP contribution < -0.4 is 5.73 Å². The smallest absolute Gasteiger partial charge is 0.00183 e. The van der Waals surface area contributed by atoms with Gasteiger partial charge < -0.3 is 5.73 Å². The van der Waals surface area contributed by atoms with Crippen LogP contribution in [0.15, 0.2) is 0 Å². The molecule has 0 fully saturated rings. The highest BCUT2D eigenvalue weighted by molar-refractivity contribution is 7.99. The lowest BCUT2D eigenvalue weighted by molar-refractivity contribution is 0.721. The van der Waals surface area contributed by atoms with Crippen LogP contribution in [0.5, 0.6) is 0 Å². The summed E-state index contributed by atoms with van der Waals surface area (Å²) in [5.74, 6) is 2.43. The van der Waals surface area contributed by atoms with Gasteiger partial charge in [-0.25, -0.2) is 0 Å². The van der Waals surface area contributed by atoms with Crippen molar-refractivity contribution in [1.29, 1.82) is 0 Å². The van der Waals surface area contributed by atoms with E-state index >= 15 is 0 Å². The number of hydrogen-bond donors (Lipinski definition) is 1. The van der Waals surface area contributed by atoms with Gasteiger partial charge in [-0.05, 0) is 24.9 Å². The van der Waals surface area contributed by atoms with Crippen LogP contribution in [-0.2, 0) is 0 Å². The Morgan fingerprint density at radius 1 is 1.62 bits per heavy atom. The summed E-state index contributed by atoms with van der Waals surface area (Å²) >= 11 is 1.96. The third-order valence-electron chi connectivity index (χ3n) is 0.922. The molecule has 0 saturated heterocycles. The Balaban J connectivity index is 2.72. The van der Waals surface area contributed by atoms with Gasteiger partial charge in [-0.2, -0.15) is 11.8 Å². The topological polar surface area (TPSA) is 26.0 Å². The Morgan fingerprint density at radius 2 is 2.25 bits per heavy atom. The average molecular weight is 133 g/mol. The minimum atomic E-state index is 0.383. The molecule has 50 valence electrons. The molecule has 0 spiro atoms. The van der Waals surface area contributed by atoms with Gasteiger partial charge in [0.15, 0.2) is 0 Å². The van der Waals surface area contributed by atoms with E-state index in [0.29, 0.717) is 6.04 Å². The molecule has 2 heteroatoms. The quantitative estimate of drug-likeness (QED) is 0.588. The fourth-order valence-corrected chi connectivity index (χ4v) is 1.24. The van der Waals surface area contributed by atoms with E-state index in [9.17, 15) is 0 Å². The zero-order chi connectivity index (χ0) is 6.41. The van der Waals surface area contributed by atoms with Crippen LogP contribution in [-0.4, -0.2) is 17.5 Å². The lowest BCUT2D eigenvalue weighted by Gasteiger charge is -2.01. The van der Waals surface area contributed by atoms with Gasteiger partial charge >= 0.3 is 0 Å². The number of thioether (sulfide) groups is 1. The Bertz CT molecular complexity index is 45.8. The molecule has 0 aliphatic carbocycles. The van der Waals surface area contributed by atoms with E-state index < -0.39 is 0 Å². The van der Waals surface area contributed by atoms with Gasteiger partial charge in [0.05, 0.1) is 0 Å². The predicted molar refractivity (Wildman–Crippen MR) is 41.3 cm³/mol. The standard InChI is InChI=1S/C6H15NS/c1-3-8-5-4-6(2)7/h6H,3-5,7H2,1-2H3. The Morgan fingerprint density at radius 3 is 2.62 bits per heavy atom.